The Kier molecular flexibility index (Phi) is 10.1. The first-order valence-corrected chi connectivity index (χ1v) is 17.9. The molecule has 194 valence electrons. The van der Waals surface area contributed by atoms with Gasteiger partial charge in [-0.15, -0.1) is 0 Å². The zero-order valence-electron chi connectivity index (χ0n) is 23.0. The van der Waals surface area contributed by atoms with E-state index in [1.807, 2.05) is 6.07 Å². The highest BCUT2D eigenvalue weighted by molar-refractivity contribution is 6.99. The summed E-state index contributed by atoms with van der Waals surface area (Å²) in [6.45, 7) is 14.4. The maximum absolute atomic E-state index is 7.28. The van der Waals surface area contributed by atoms with Gasteiger partial charge < -0.3 is 13.3 Å². The van der Waals surface area contributed by atoms with Crippen molar-refractivity contribution in [2.45, 2.75) is 77.2 Å². The van der Waals surface area contributed by atoms with E-state index >= 15 is 0 Å². The molecule has 0 fully saturated rings. The number of rotatable bonds is 13. The van der Waals surface area contributed by atoms with Crippen LogP contribution in [0.25, 0.3) is 6.08 Å². The molecule has 36 heavy (non-hydrogen) atoms. The van der Waals surface area contributed by atoms with Crippen LogP contribution in [-0.2, 0) is 8.85 Å². The van der Waals surface area contributed by atoms with Gasteiger partial charge in [0.2, 0.25) is 0 Å². The lowest BCUT2D eigenvalue weighted by Crippen LogP contribution is -2.67. The van der Waals surface area contributed by atoms with Crippen molar-refractivity contribution in [3.8, 4) is 0 Å². The van der Waals surface area contributed by atoms with Crippen LogP contribution in [0.15, 0.2) is 89.7 Å². The lowest BCUT2D eigenvalue weighted by molar-refractivity contribution is 0.115. The van der Waals surface area contributed by atoms with E-state index in [2.05, 4.69) is 114 Å². The van der Waals surface area contributed by atoms with Crippen LogP contribution in [0.4, 0.5) is 0 Å². The second kappa shape index (κ2) is 12.9. The molecule has 1 atom stereocenters. The molecule has 0 aliphatic heterocycles. The van der Waals surface area contributed by atoms with Gasteiger partial charge in [0.1, 0.15) is 0 Å². The van der Waals surface area contributed by atoms with Gasteiger partial charge in [-0.25, -0.2) is 0 Å². The summed E-state index contributed by atoms with van der Waals surface area (Å²) in [5.74, 6) is 0. The highest BCUT2D eigenvalue weighted by atomic mass is 28.4. The largest absolute Gasteiger partial charge is 0.472 e. The maximum atomic E-state index is 7.28. The van der Waals surface area contributed by atoms with Gasteiger partial charge in [0, 0.05) is 5.56 Å². The van der Waals surface area contributed by atoms with Gasteiger partial charge in [-0.1, -0.05) is 114 Å². The van der Waals surface area contributed by atoms with Crippen LogP contribution < -0.4 is 10.4 Å². The summed E-state index contributed by atoms with van der Waals surface area (Å²) >= 11 is 0. The van der Waals surface area contributed by atoms with Crippen LogP contribution in [0, 0.1) is 0 Å². The molecule has 2 aromatic carbocycles. The van der Waals surface area contributed by atoms with Crippen molar-refractivity contribution >= 4 is 33.1 Å². The molecule has 0 amide bonds. The highest BCUT2D eigenvalue weighted by Crippen LogP contribution is 2.37. The topological polar surface area (TPSA) is 31.6 Å². The van der Waals surface area contributed by atoms with Gasteiger partial charge in [-0.05, 0) is 46.0 Å². The van der Waals surface area contributed by atoms with Gasteiger partial charge in [0.25, 0.3) is 8.32 Å². The highest BCUT2D eigenvalue weighted by Gasteiger charge is 2.50. The Morgan fingerprint density at radius 3 is 1.83 bits per heavy atom. The SMILES string of the molecule is CC[Si](CC)(CC)OC(C/C=C/c1ccoc1)CO[Si](c1ccccc1)(c1ccccc1)C(C)(C)C. The van der Waals surface area contributed by atoms with Crippen LogP contribution in [0.1, 0.15) is 53.5 Å². The lowest BCUT2D eigenvalue weighted by atomic mass is 10.2. The van der Waals surface area contributed by atoms with Gasteiger partial charge in [0.15, 0.2) is 8.32 Å². The minimum Gasteiger partial charge on any atom is -0.472 e. The first kappa shape index (κ1) is 28.4. The van der Waals surface area contributed by atoms with Crippen molar-refractivity contribution < 1.29 is 13.3 Å². The number of hydrogen-bond acceptors (Lipinski definition) is 3. The number of furan rings is 1. The summed E-state index contributed by atoms with van der Waals surface area (Å²) in [5.41, 5.74) is 1.08. The van der Waals surface area contributed by atoms with E-state index in [0.29, 0.717) is 6.61 Å². The van der Waals surface area contributed by atoms with E-state index in [1.165, 1.54) is 10.4 Å². The van der Waals surface area contributed by atoms with E-state index in [9.17, 15) is 0 Å². The Bertz CT molecular complexity index is 989. The molecule has 0 aliphatic carbocycles. The maximum Gasteiger partial charge on any atom is 0.261 e. The molecule has 0 bridgehead atoms. The van der Waals surface area contributed by atoms with E-state index in [4.69, 9.17) is 13.3 Å². The monoisotopic (exact) mass is 520 g/mol. The second-order valence-corrected chi connectivity index (χ2v) is 19.7. The normalized spacial score (nSPS) is 13.8. The van der Waals surface area contributed by atoms with E-state index in [-0.39, 0.29) is 11.1 Å². The van der Waals surface area contributed by atoms with Crippen LogP contribution in [0.3, 0.4) is 0 Å². The standard InChI is InChI=1S/C31H44O3Si2/c1-7-35(8-2,9-3)34-28(18-16-17-27-23-24-32-25-27)26-33-36(31(4,5)6,29-19-12-10-13-20-29)30-21-14-11-15-22-30/h10-17,19-25,28H,7-9,18,26H2,1-6H3/b17-16+. The van der Waals surface area contributed by atoms with Crippen molar-refractivity contribution in [3.63, 3.8) is 0 Å². The lowest BCUT2D eigenvalue weighted by Gasteiger charge is -2.44. The van der Waals surface area contributed by atoms with Gasteiger partial charge in [0.05, 0.1) is 25.2 Å². The fourth-order valence-corrected chi connectivity index (χ4v) is 12.7. The fraction of sp³-hybridized carbons (Fsp3) is 0.419. The number of benzene rings is 2. The van der Waals surface area contributed by atoms with Crippen LogP contribution in [-0.4, -0.2) is 29.3 Å². The van der Waals surface area contributed by atoms with Crippen LogP contribution in [0.2, 0.25) is 23.2 Å². The molecule has 3 aromatic rings. The quantitative estimate of drug-likeness (QED) is 0.217. The van der Waals surface area contributed by atoms with Crippen molar-refractivity contribution in [2.24, 2.45) is 0 Å². The molecular weight excluding hydrogens is 477 g/mol. The van der Waals surface area contributed by atoms with E-state index < -0.39 is 16.6 Å². The molecule has 0 aliphatic rings. The first-order valence-electron chi connectivity index (χ1n) is 13.4. The van der Waals surface area contributed by atoms with Crippen LogP contribution in [0.5, 0.6) is 0 Å². The average molecular weight is 521 g/mol. The predicted octanol–water partition coefficient (Wildman–Crippen LogP) is 7.65. The summed E-state index contributed by atoms with van der Waals surface area (Å²) in [4.78, 5) is 0. The molecule has 0 radical (unpaired) electrons. The Labute approximate surface area is 220 Å². The molecule has 0 saturated heterocycles. The van der Waals surface area contributed by atoms with Gasteiger partial charge in [-0.3, -0.25) is 0 Å². The summed E-state index contributed by atoms with van der Waals surface area (Å²) < 4.78 is 19.6. The molecule has 3 nitrogen and oxygen atoms in total. The molecule has 1 aromatic heterocycles. The van der Waals surface area contributed by atoms with Crippen molar-refractivity contribution in [2.75, 3.05) is 6.61 Å². The summed E-state index contributed by atoms with van der Waals surface area (Å²) in [5, 5.41) is 2.56. The van der Waals surface area contributed by atoms with Gasteiger partial charge in [-0.2, -0.15) is 0 Å². The van der Waals surface area contributed by atoms with Crippen molar-refractivity contribution in [1.29, 1.82) is 0 Å². The summed E-state index contributed by atoms with van der Waals surface area (Å²) in [6, 6.07) is 27.1. The van der Waals surface area contributed by atoms with Crippen LogP contribution >= 0.6 is 0 Å². The molecule has 0 saturated carbocycles. The van der Waals surface area contributed by atoms with Crippen molar-refractivity contribution in [3.05, 3.63) is 90.9 Å². The smallest absolute Gasteiger partial charge is 0.261 e. The Morgan fingerprint density at radius 2 is 1.39 bits per heavy atom. The average Bonchev–Trinajstić information content (AvgIpc) is 3.41. The molecule has 0 spiro atoms. The molecule has 1 heterocycles. The van der Waals surface area contributed by atoms with E-state index in [1.54, 1.807) is 12.5 Å². The Hall–Kier alpha value is -2.19. The minimum absolute atomic E-state index is 0.0151. The third kappa shape index (κ3) is 6.57. The third-order valence-corrected chi connectivity index (χ3v) is 17.2. The molecule has 0 N–H and O–H groups in total. The fourth-order valence-electron chi connectivity index (χ4n) is 5.21. The van der Waals surface area contributed by atoms with E-state index in [0.717, 1.165) is 30.1 Å². The molecule has 1 unspecified atom stereocenters. The summed E-state index contributed by atoms with van der Waals surface area (Å²) in [6.07, 6.45) is 8.65. The zero-order valence-corrected chi connectivity index (χ0v) is 25.0. The predicted molar refractivity (Wildman–Crippen MR) is 158 cm³/mol. The first-order chi connectivity index (χ1) is 17.3. The summed E-state index contributed by atoms with van der Waals surface area (Å²) in [7, 11) is -4.43. The third-order valence-electron chi connectivity index (χ3n) is 7.50. The second-order valence-electron chi connectivity index (χ2n) is 10.7. The minimum atomic E-state index is -2.61. The zero-order chi connectivity index (χ0) is 26.1. The Balaban J connectivity index is 1.98. The number of hydrogen-bond donors (Lipinski definition) is 0. The van der Waals surface area contributed by atoms with Crippen molar-refractivity contribution in [1.82, 2.24) is 0 Å². The Morgan fingerprint density at radius 1 is 0.833 bits per heavy atom. The van der Waals surface area contributed by atoms with Gasteiger partial charge >= 0.3 is 0 Å². The molecular formula is C31H44O3Si2. The molecule has 5 heteroatoms. The molecule has 3 rings (SSSR count).